The van der Waals surface area contributed by atoms with E-state index in [1.807, 2.05) is 48.7 Å². The van der Waals surface area contributed by atoms with Crippen molar-refractivity contribution in [2.45, 2.75) is 32.2 Å². The molecule has 5 heteroatoms. The molecular weight excluding hydrogens is 280 g/mol. The minimum absolute atomic E-state index is 0.324. The van der Waals surface area contributed by atoms with Gasteiger partial charge in [0.15, 0.2) is 0 Å². The van der Waals surface area contributed by atoms with E-state index in [-0.39, 0.29) is 5.91 Å². The summed E-state index contributed by atoms with van der Waals surface area (Å²) in [5.41, 5.74) is 2.19. The Bertz CT molecular complexity index is 743. The van der Waals surface area contributed by atoms with Crippen LogP contribution >= 0.6 is 0 Å². The van der Waals surface area contributed by atoms with E-state index < -0.39 is 11.5 Å². The molecule has 2 N–H and O–H groups in total. The summed E-state index contributed by atoms with van der Waals surface area (Å²) >= 11 is 0. The van der Waals surface area contributed by atoms with Gasteiger partial charge in [0.25, 0.3) is 5.91 Å². The van der Waals surface area contributed by atoms with Gasteiger partial charge in [-0.25, -0.2) is 4.79 Å². The molecule has 5 nitrogen and oxygen atoms in total. The molecule has 1 aliphatic carbocycles. The number of benzene rings is 1. The van der Waals surface area contributed by atoms with Crippen molar-refractivity contribution in [3.63, 3.8) is 0 Å². The number of carbonyl (C=O) groups is 2. The van der Waals surface area contributed by atoms with E-state index in [4.69, 9.17) is 0 Å². The Hall–Kier alpha value is -2.56. The Labute approximate surface area is 128 Å². The third-order valence-corrected chi connectivity index (χ3v) is 4.20. The molecule has 0 aliphatic heterocycles. The highest BCUT2D eigenvalue weighted by Gasteiger charge is 2.51. The number of rotatable bonds is 4. The van der Waals surface area contributed by atoms with Crippen LogP contribution in [0.5, 0.6) is 0 Å². The first-order chi connectivity index (χ1) is 10.4. The number of aliphatic carboxylic acids is 1. The van der Waals surface area contributed by atoms with Crippen LogP contribution in [-0.4, -0.2) is 27.1 Å². The summed E-state index contributed by atoms with van der Waals surface area (Å²) in [6, 6.07) is 11.6. The van der Waals surface area contributed by atoms with Crippen LogP contribution in [0.2, 0.25) is 0 Å². The molecule has 22 heavy (non-hydrogen) atoms. The number of carboxylic acid groups (broad SMARTS) is 1. The van der Waals surface area contributed by atoms with Gasteiger partial charge in [0.05, 0.1) is 5.56 Å². The monoisotopic (exact) mass is 298 g/mol. The predicted molar refractivity (Wildman–Crippen MR) is 82.3 cm³/mol. The summed E-state index contributed by atoms with van der Waals surface area (Å²) < 4.78 is 2.00. The largest absolute Gasteiger partial charge is 0.480 e. The molecule has 114 valence electrons. The highest BCUT2D eigenvalue weighted by Crippen LogP contribution is 2.36. The van der Waals surface area contributed by atoms with Crippen LogP contribution < -0.4 is 5.32 Å². The fourth-order valence-corrected chi connectivity index (χ4v) is 2.77. The van der Waals surface area contributed by atoms with Crippen molar-refractivity contribution < 1.29 is 14.7 Å². The number of aromatic nitrogens is 1. The maximum absolute atomic E-state index is 12.4. The lowest BCUT2D eigenvalue weighted by atomic mass is 10.2. The van der Waals surface area contributed by atoms with Gasteiger partial charge in [-0.05, 0) is 44.9 Å². The average Bonchev–Trinajstić information content (AvgIpc) is 3.20. The van der Waals surface area contributed by atoms with E-state index in [2.05, 4.69) is 5.32 Å². The fraction of sp³-hybridized carbons (Fsp3) is 0.294. The van der Waals surface area contributed by atoms with Crippen molar-refractivity contribution in [2.75, 3.05) is 0 Å². The zero-order valence-corrected chi connectivity index (χ0v) is 12.6. The third kappa shape index (κ3) is 2.28. The molecule has 0 radical (unpaired) electrons. The lowest BCUT2D eigenvalue weighted by Gasteiger charge is -2.13. The van der Waals surface area contributed by atoms with Gasteiger partial charge < -0.3 is 15.0 Å². The van der Waals surface area contributed by atoms with Crippen molar-refractivity contribution in [2.24, 2.45) is 0 Å². The van der Waals surface area contributed by atoms with E-state index in [1.54, 1.807) is 6.07 Å². The van der Waals surface area contributed by atoms with Gasteiger partial charge in [-0.1, -0.05) is 18.2 Å². The summed E-state index contributed by atoms with van der Waals surface area (Å²) in [7, 11) is 0. The molecule has 1 heterocycles. The Morgan fingerprint density at radius 3 is 2.36 bits per heavy atom. The molecular formula is C17H18N2O3. The van der Waals surface area contributed by atoms with Gasteiger partial charge >= 0.3 is 5.97 Å². The highest BCUT2D eigenvalue weighted by atomic mass is 16.4. The number of aryl methyl sites for hydroxylation is 1. The molecule has 0 spiro atoms. The van der Waals surface area contributed by atoms with Gasteiger partial charge in [-0.2, -0.15) is 0 Å². The summed E-state index contributed by atoms with van der Waals surface area (Å²) in [4.78, 5) is 23.6. The standard InChI is InChI=1S/C17H18N2O3/c1-11-10-14(15(20)18-17(8-9-17)16(21)22)12(2)19(11)13-6-4-3-5-7-13/h3-7,10H,8-9H2,1-2H3,(H,18,20)(H,21,22). The van der Waals surface area contributed by atoms with E-state index in [9.17, 15) is 14.7 Å². The number of carboxylic acids is 1. The number of carbonyl (C=O) groups excluding carboxylic acids is 1. The number of amides is 1. The molecule has 1 saturated carbocycles. The SMILES string of the molecule is Cc1cc(C(=O)NC2(C(=O)O)CC2)c(C)n1-c1ccccc1. The first-order valence-corrected chi connectivity index (χ1v) is 7.25. The number of hydrogen-bond donors (Lipinski definition) is 2. The van der Waals surface area contributed by atoms with Crippen molar-refractivity contribution >= 4 is 11.9 Å². The number of hydrogen-bond acceptors (Lipinski definition) is 2. The molecule has 0 bridgehead atoms. The topological polar surface area (TPSA) is 71.3 Å². The van der Waals surface area contributed by atoms with Crippen LogP contribution in [0.4, 0.5) is 0 Å². The van der Waals surface area contributed by atoms with Crippen molar-refractivity contribution in [1.82, 2.24) is 9.88 Å². The number of nitrogens with one attached hydrogen (secondary N) is 1. The molecule has 0 saturated heterocycles. The minimum atomic E-state index is -1.06. The van der Waals surface area contributed by atoms with Crippen LogP contribution in [0.25, 0.3) is 5.69 Å². The van der Waals surface area contributed by atoms with Gasteiger partial charge in [0, 0.05) is 17.1 Å². The number of nitrogens with zero attached hydrogens (tertiary/aromatic N) is 1. The quantitative estimate of drug-likeness (QED) is 0.910. The molecule has 0 atom stereocenters. The lowest BCUT2D eigenvalue weighted by Crippen LogP contribution is -2.43. The Kier molecular flexibility index (Phi) is 3.28. The second-order valence-electron chi connectivity index (χ2n) is 5.80. The van der Waals surface area contributed by atoms with Gasteiger partial charge in [0.2, 0.25) is 0 Å². The van der Waals surface area contributed by atoms with Crippen LogP contribution in [-0.2, 0) is 4.79 Å². The normalized spacial score (nSPS) is 15.4. The molecule has 1 aliphatic rings. The number of para-hydroxylation sites is 1. The Morgan fingerprint density at radius 2 is 1.82 bits per heavy atom. The summed E-state index contributed by atoms with van der Waals surface area (Å²) in [5.74, 6) is -1.28. The summed E-state index contributed by atoms with van der Waals surface area (Å²) in [6.45, 7) is 3.80. The van der Waals surface area contributed by atoms with Crippen molar-refractivity contribution in [3.05, 3.63) is 53.3 Å². The molecule has 1 aromatic carbocycles. The fourth-order valence-electron chi connectivity index (χ4n) is 2.77. The van der Waals surface area contributed by atoms with Crippen molar-refractivity contribution in [3.8, 4) is 5.69 Å². The van der Waals surface area contributed by atoms with Crippen LogP contribution in [0.15, 0.2) is 36.4 Å². The van der Waals surface area contributed by atoms with Gasteiger partial charge in [-0.3, -0.25) is 4.79 Å². The maximum Gasteiger partial charge on any atom is 0.329 e. The zero-order valence-electron chi connectivity index (χ0n) is 12.6. The first kappa shape index (κ1) is 14.4. The Balaban J connectivity index is 1.93. The molecule has 1 fully saturated rings. The minimum Gasteiger partial charge on any atom is -0.480 e. The van der Waals surface area contributed by atoms with Crippen LogP contribution in [0.3, 0.4) is 0 Å². The third-order valence-electron chi connectivity index (χ3n) is 4.20. The predicted octanol–water partition coefficient (Wildman–Crippen LogP) is 2.44. The second kappa shape index (κ2) is 5.02. The van der Waals surface area contributed by atoms with Crippen LogP contribution in [0, 0.1) is 13.8 Å². The van der Waals surface area contributed by atoms with Gasteiger partial charge in [0.1, 0.15) is 5.54 Å². The molecule has 3 rings (SSSR count). The summed E-state index contributed by atoms with van der Waals surface area (Å²) in [6.07, 6.45) is 0.983. The second-order valence-corrected chi connectivity index (χ2v) is 5.80. The molecule has 1 aromatic heterocycles. The Morgan fingerprint density at radius 1 is 1.18 bits per heavy atom. The zero-order chi connectivity index (χ0) is 15.9. The molecule has 2 aromatic rings. The van der Waals surface area contributed by atoms with E-state index in [0.29, 0.717) is 18.4 Å². The highest BCUT2D eigenvalue weighted by molar-refractivity contribution is 6.00. The van der Waals surface area contributed by atoms with Crippen LogP contribution in [0.1, 0.15) is 34.6 Å². The maximum atomic E-state index is 12.4. The molecule has 0 unspecified atom stereocenters. The smallest absolute Gasteiger partial charge is 0.329 e. The van der Waals surface area contributed by atoms with E-state index in [0.717, 1.165) is 17.1 Å². The first-order valence-electron chi connectivity index (χ1n) is 7.25. The lowest BCUT2D eigenvalue weighted by molar-refractivity contribution is -0.140. The van der Waals surface area contributed by atoms with Gasteiger partial charge in [-0.15, -0.1) is 0 Å². The van der Waals surface area contributed by atoms with E-state index >= 15 is 0 Å². The average molecular weight is 298 g/mol. The summed E-state index contributed by atoms with van der Waals surface area (Å²) in [5, 5.41) is 11.9. The van der Waals surface area contributed by atoms with Crippen molar-refractivity contribution in [1.29, 1.82) is 0 Å². The molecule has 1 amide bonds. The van der Waals surface area contributed by atoms with E-state index in [1.165, 1.54) is 0 Å².